The third-order valence-electron chi connectivity index (χ3n) is 2.46. The van der Waals surface area contributed by atoms with E-state index < -0.39 is 5.79 Å². The van der Waals surface area contributed by atoms with Crippen molar-refractivity contribution in [1.82, 2.24) is 0 Å². The highest BCUT2D eigenvalue weighted by atomic mass is 32.1. The fourth-order valence-electron chi connectivity index (χ4n) is 1.57. The molecule has 0 aliphatic rings. The van der Waals surface area contributed by atoms with Crippen LogP contribution in [0.15, 0.2) is 0 Å². The summed E-state index contributed by atoms with van der Waals surface area (Å²) in [6.45, 7) is 2.24. The van der Waals surface area contributed by atoms with Gasteiger partial charge in [-0.05, 0) is 25.1 Å². The van der Waals surface area contributed by atoms with E-state index in [1.165, 1.54) is 44.9 Å². The normalized spacial score (nSPS) is 10.7. The van der Waals surface area contributed by atoms with E-state index in [9.17, 15) is 0 Å². The number of hydrogen-bond donors (Lipinski definition) is 5. The molecule has 0 amide bonds. The summed E-state index contributed by atoms with van der Waals surface area (Å²) in [7, 11) is 0. The number of nitrogens with two attached hydrogens (primary N) is 5. The molecule has 0 aromatic carbocycles. The van der Waals surface area contributed by atoms with Crippen molar-refractivity contribution in [3.05, 3.63) is 0 Å². The second-order valence-corrected chi connectivity index (χ2v) is 5.21. The van der Waals surface area contributed by atoms with E-state index in [1.54, 1.807) is 0 Å². The molecule has 0 aromatic rings. The molecule has 0 unspecified atom stereocenters. The lowest BCUT2D eigenvalue weighted by Gasteiger charge is -2.17. The van der Waals surface area contributed by atoms with Gasteiger partial charge in [0, 0.05) is 0 Å². The molecule has 0 aliphatic heterocycles. The maximum atomic E-state index is 5.47. The second kappa shape index (κ2) is 13.0. The van der Waals surface area contributed by atoms with Gasteiger partial charge in [0.05, 0.1) is 0 Å². The van der Waals surface area contributed by atoms with Crippen LogP contribution >= 0.6 is 12.2 Å². The molecule has 0 bridgehead atoms. The topological polar surface area (TPSA) is 130 Å². The average Bonchev–Trinajstić information content (AvgIpc) is 2.19. The average molecular weight is 277 g/mol. The molecule has 5 nitrogen and oxygen atoms in total. The number of thiocarbonyl (C=S) groups is 1. The van der Waals surface area contributed by atoms with E-state index in [-0.39, 0.29) is 5.11 Å². The Morgan fingerprint density at radius 3 is 1.50 bits per heavy atom. The van der Waals surface area contributed by atoms with Gasteiger partial charge in [-0.2, -0.15) is 0 Å². The molecule has 110 valence electrons. The molecular formula is C12H31N5S. The van der Waals surface area contributed by atoms with Crippen molar-refractivity contribution in [3.8, 4) is 0 Å². The minimum atomic E-state index is -0.956. The fourth-order valence-corrected chi connectivity index (χ4v) is 1.57. The molecule has 0 spiro atoms. The molecule has 0 aliphatic carbocycles. The first-order valence-electron chi connectivity index (χ1n) is 6.71. The highest BCUT2D eigenvalue weighted by Gasteiger charge is 2.09. The molecule has 0 fully saturated rings. The Labute approximate surface area is 117 Å². The summed E-state index contributed by atoms with van der Waals surface area (Å²) in [5.74, 6) is -0.956. The zero-order valence-corrected chi connectivity index (χ0v) is 12.5. The molecule has 0 heterocycles. The molecule has 18 heavy (non-hydrogen) atoms. The molecule has 0 aromatic heterocycles. The summed E-state index contributed by atoms with van der Waals surface area (Å²) in [6.07, 6.45) is 11.1. The molecule has 0 rings (SSSR count). The first kappa shape index (κ1) is 19.9. The van der Waals surface area contributed by atoms with Crippen molar-refractivity contribution in [2.24, 2.45) is 28.7 Å². The predicted octanol–water partition coefficient (Wildman–Crippen LogP) is 1.24. The highest BCUT2D eigenvalue weighted by Crippen LogP contribution is 2.10. The Morgan fingerprint density at radius 1 is 0.833 bits per heavy atom. The maximum absolute atomic E-state index is 5.47. The van der Waals surface area contributed by atoms with Crippen LogP contribution in [0, 0.1) is 0 Å². The van der Waals surface area contributed by atoms with Gasteiger partial charge in [0.15, 0.2) is 5.11 Å². The van der Waals surface area contributed by atoms with Gasteiger partial charge in [-0.25, -0.2) is 0 Å². The van der Waals surface area contributed by atoms with E-state index in [0.29, 0.717) is 0 Å². The first-order chi connectivity index (χ1) is 8.29. The first-order valence-corrected chi connectivity index (χ1v) is 7.12. The largest absolute Gasteiger partial charge is 0.377 e. The van der Waals surface area contributed by atoms with E-state index >= 15 is 0 Å². The number of unbranched alkanes of at least 4 members (excludes halogenated alkanes) is 7. The van der Waals surface area contributed by atoms with Gasteiger partial charge < -0.3 is 28.7 Å². The van der Waals surface area contributed by atoms with Crippen molar-refractivity contribution < 1.29 is 0 Å². The van der Waals surface area contributed by atoms with Gasteiger partial charge in [-0.1, -0.05) is 51.9 Å². The molecule has 0 atom stereocenters. The van der Waals surface area contributed by atoms with Gasteiger partial charge in [0.1, 0.15) is 5.79 Å². The van der Waals surface area contributed by atoms with Gasteiger partial charge in [-0.15, -0.1) is 0 Å². The summed E-state index contributed by atoms with van der Waals surface area (Å²) < 4.78 is 0. The third-order valence-corrected chi connectivity index (χ3v) is 2.46. The van der Waals surface area contributed by atoms with E-state index in [4.69, 9.17) is 17.2 Å². The van der Waals surface area contributed by atoms with Gasteiger partial charge >= 0.3 is 0 Å². The van der Waals surface area contributed by atoms with Crippen LogP contribution in [0.4, 0.5) is 0 Å². The van der Waals surface area contributed by atoms with Crippen molar-refractivity contribution in [2.45, 2.75) is 70.5 Å². The zero-order valence-electron chi connectivity index (χ0n) is 11.7. The lowest BCUT2D eigenvalue weighted by molar-refractivity contribution is 0.399. The summed E-state index contributed by atoms with van der Waals surface area (Å²) in [5.41, 5.74) is 25.7. The molecule has 0 saturated carbocycles. The molecule has 10 N–H and O–H groups in total. The van der Waals surface area contributed by atoms with Crippen LogP contribution in [-0.4, -0.2) is 10.9 Å². The smallest absolute Gasteiger partial charge is 0.160 e. The minimum Gasteiger partial charge on any atom is -0.377 e. The van der Waals surface area contributed by atoms with Crippen LogP contribution in [0.5, 0.6) is 0 Å². The van der Waals surface area contributed by atoms with E-state index in [0.717, 1.165) is 12.8 Å². The van der Waals surface area contributed by atoms with E-state index in [1.807, 2.05) is 0 Å². The van der Waals surface area contributed by atoms with Crippen molar-refractivity contribution in [2.75, 3.05) is 0 Å². The molecule has 6 heteroatoms. The monoisotopic (exact) mass is 277 g/mol. The number of hydrogen-bond acceptors (Lipinski definition) is 4. The van der Waals surface area contributed by atoms with Gasteiger partial charge in [0.25, 0.3) is 0 Å². The summed E-state index contributed by atoms with van der Waals surface area (Å²) in [4.78, 5) is 0. The zero-order chi connectivity index (χ0) is 14.4. The summed E-state index contributed by atoms with van der Waals surface area (Å²) >= 11 is 4.09. The van der Waals surface area contributed by atoms with Crippen LogP contribution in [0.2, 0.25) is 0 Å². The van der Waals surface area contributed by atoms with E-state index in [2.05, 4.69) is 30.6 Å². The van der Waals surface area contributed by atoms with Crippen molar-refractivity contribution in [3.63, 3.8) is 0 Å². The standard InChI is InChI=1S/C11H27N3.CH4N2S/c1-2-3-4-5-6-7-8-9-10-11(12,13)14;2-1(3)4/h2-10,12-14H2,1H3;(H4,2,3,4). The Balaban J connectivity index is 0. The molecule has 0 radical (unpaired) electrons. The summed E-state index contributed by atoms with van der Waals surface area (Å²) in [5, 5.41) is 0.000000000000000222. The Morgan fingerprint density at radius 2 is 1.17 bits per heavy atom. The Bertz CT molecular complexity index is 187. The minimum absolute atomic E-state index is 0.000000000000000222. The SMILES string of the molecule is CCCCCCCCCCC(N)(N)N.NC(N)=S. The van der Waals surface area contributed by atoms with Crippen LogP contribution in [-0.2, 0) is 0 Å². The Hall–Kier alpha value is -0.430. The lowest BCUT2D eigenvalue weighted by atomic mass is 10.1. The lowest BCUT2D eigenvalue weighted by Crippen LogP contribution is -2.57. The van der Waals surface area contributed by atoms with Crippen molar-refractivity contribution in [1.29, 1.82) is 0 Å². The van der Waals surface area contributed by atoms with Crippen LogP contribution in [0.3, 0.4) is 0 Å². The van der Waals surface area contributed by atoms with Gasteiger partial charge in [-0.3, -0.25) is 0 Å². The van der Waals surface area contributed by atoms with Crippen LogP contribution < -0.4 is 28.7 Å². The van der Waals surface area contributed by atoms with Gasteiger partial charge in [0.2, 0.25) is 0 Å². The molecule has 0 saturated heterocycles. The van der Waals surface area contributed by atoms with Crippen molar-refractivity contribution >= 4 is 17.3 Å². The summed E-state index contributed by atoms with van der Waals surface area (Å²) in [6, 6.07) is 0. The van der Waals surface area contributed by atoms with Crippen LogP contribution in [0.1, 0.15) is 64.7 Å². The predicted molar refractivity (Wildman–Crippen MR) is 83.5 cm³/mol. The second-order valence-electron chi connectivity index (χ2n) is 4.74. The Kier molecular flexibility index (Phi) is 14.4. The number of rotatable bonds is 9. The fraction of sp³-hybridized carbons (Fsp3) is 0.917. The molecular weight excluding hydrogens is 246 g/mol. The third kappa shape index (κ3) is 29.6. The van der Waals surface area contributed by atoms with Crippen LogP contribution in [0.25, 0.3) is 0 Å². The highest BCUT2D eigenvalue weighted by molar-refractivity contribution is 7.80. The quantitative estimate of drug-likeness (QED) is 0.245. The maximum Gasteiger partial charge on any atom is 0.160 e.